The third-order valence-electron chi connectivity index (χ3n) is 4.38. The molecule has 2 rings (SSSR count). The molecule has 0 aromatic heterocycles. The van der Waals surface area contributed by atoms with Gasteiger partial charge in [-0.05, 0) is 50.9 Å². The molecule has 0 amide bonds. The van der Waals surface area contributed by atoms with Crippen LogP contribution in [0, 0.1) is 0 Å². The zero-order valence-corrected chi connectivity index (χ0v) is 15.1. The maximum Gasteiger partial charge on any atom is 0.337 e. The summed E-state index contributed by atoms with van der Waals surface area (Å²) in [6, 6.07) is 5.56. The number of hydrogen-bond acceptors (Lipinski definition) is 5. The Labute approximate surface area is 142 Å². The summed E-state index contributed by atoms with van der Waals surface area (Å²) in [5.74, 6) is 0.503. The van der Waals surface area contributed by atoms with Gasteiger partial charge in [-0.25, -0.2) is 4.79 Å². The molecule has 6 heteroatoms. The molecule has 4 nitrogen and oxygen atoms in total. The highest BCUT2D eigenvalue weighted by Crippen LogP contribution is 2.35. The quantitative estimate of drug-likeness (QED) is 0.663. The molecular weight excluding hydrogens is 311 g/mol. The minimum atomic E-state index is -0.936. The first kappa shape index (κ1) is 18.1. The number of rotatable bonds is 5. The molecule has 23 heavy (non-hydrogen) atoms. The molecule has 1 N–H and O–H groups in total. The highest BCUT2D eigenvalue weighted by Gasteiger charge is 2.36. The molecule has 1 aliphatic heterocycles. The molecule has 0 aliphatic carbocycles. The molecule has 1 aromatic carbocycles. The summed E-state index contributed by atoms with van der Waals surface area (Å²) in [5.41, 5.74) is 1.10. The van der Waals surface area contributed by atoms with E-state index in [-0.39, 0.29) is 5.97 Å². The summed E-state index contributed by atoms with van der Waals surface area (Å²) in [7, 11) is 1.80. The zero-order valence-electron chi connectivity index (χ0n) is 14.3. The third-order valence-corrected chi connectivity index (χ3v) is 5.36. The summed E-state index contributed by atoms with van der Waals surface area (Å²) in [6.07, 6.45) is 2.13. The predicted molar refractivity (Wildman–Crippen MR) is 95.1 cm³/mol. The van der Waals surface area contributed by atoms with Crippen LogP contribution in [0.4, 0.5) is 0 Å². The van der Waals surface area contributed by atoms with Crippen molar-refractivity contribution in [3.8, 4) is 0 Å². The molecular formula is C17H23BO4S. The second kappa shape index (κ2) is 6.71. The molecule has 1 heterocycles. The van der Waals surface area contributed by atoms with Gasteiger partial charge in [0.2, 0.25) is 0 Å². The summed E-state index contributed by atoms with van der Waals surface area (Å²) in [5, 5.41) is 10.2. The van der Waals surface area contributed by atoms with Crippen LogP contribution in [0.1, 0.15) is 43.6 Å². The van der Waals surface area contributed by atoms with Gasteiger partial charge in [-0.3, -0.25) is 0 Å². The number of esters is 1. The van der Waals surface area contributed by atoms with Crippen molar-refractivity contribution in [3.63, 3.8) is 0 Å². The van der Waals surface area contributed by atoms with Gasteiger partial charge in [-0.2, -0.15) is 0 Å². The van der Waals surface area contributed by atoms with Crippen molar-refractivity contribution in [1.82, 2.24) is 0 Å². The van der Waals surface area contributed by atoms with Crippen LogP contribution in [0.15, 0.2) is 29.2 Å². The number of fused-ring (bicyclic) bond motifs is 1. The molecule has 0 saturated carbocycles. The SMILES string of the molecule is COC(=O)c1ccc2c(c1)SCC=C2BOC(C)(C)C(C)(C)O. The molecule has 0 fully saturated rings. The van der Waals surface area contributed by atoms with E-state index in [1.54, 1.807) is 31.7 Å². The number of carbonyl (C=O) groups is 1. The van der Waals surface area contributed by atoms with Gasteiger partial charge >= 0.3 is 13.5 Å². The normalized spacial score (nSPS) is 14.8. The lowest BCUT2D eigenvalue weighted by molar-refractivity contribution is -0.0892. The Morgan fingerprint density at radius 1 is 1.30 bits per heavy atom. The van der Waals surface area contributed by atoms with E-state index in [9.17, 15) is 9.90 Å². The van der Waals surface area contributed by atoms with Crippen molar-refractivity contribution < 1.29 is 19.3 Å². The second-order valence-electron chi connectivity index (χ2n) is 6.60. The van der Waals surface area contributed by atoms with E-state index in [0.717, 1.165) is 21.7 Å². The van der Waals surface area contributed by atoms with Gasteiger partial charge in [0, 0.05) is 10.6 Å². The van der Waals surface area contributed by atoms with Crippen LogP contribution in [0.25, 0.3) is 5.47 Å². The van der Waals surface area contributed by atoms with Gasteiger partial charge in [-0.1, -0.05) is 12.1 Å². The standard InChI is InChI=1S/C17H23BO4S/c1-16(2,20)17(3,4)22-18-13-8-9-23-14-10-11(15(19)21-5)6-7-12(13)14/h6-8,10,18,20H,9H2,1-5H3. The average Bonchev–Trinajstić information content (AvgIpc) is 2.50. The second-order valence-corrected chi connectivity index (χ2v) is 7.66. The number of methoxy groups -OCH3 is 1. The van der Waals surface area contributed by atoms with E-state index >= 15 is 0 Å². The van der Waals surface area contributed by atoms with E-state index < -0.39 is 11.2 Å². The maximum atomic E-state index is 11.6. The highest BCUT2D eigenvalue weighted by molar-refractivity contribution is 7.99. The van der Waals surface area contributed by atoms with Crippen LogP contribution in [0.5, 0.6) is 0 Å². The third kappa shape index (κ3) is 4.00. The zero-order chi connectivity index (χ0) is 17.3. The Bertz CT molecular complexity index is 632. The largest absolute Gasteiger partial charge is 0.465 e. The van der Waals surface area contributed by atoms with Gasteiger partial charge in [0.25, 0.3) is 0 Å². The number of ether oxygens (including phenoxy) is 1. The fraction of sp³-hybridized carbons (Fsp3) is 0.471. The van der Waals surface area contributed by atoms with E-state index in [1.807, 2.05) is 26.0 Å². The van der Waals surface area contributed by atoms with E-state index in [1.165, 1.54) is 7.11 Å². The van der Waals surface area contributed by atoms with Gasteiger partial charge in [-0.15, -0.1) is 11.8 Å². The highest BCUT2D eigenvalue weighted by atomic mass is 32.2. The number of aliphatic hydroxyl groups is 1. The van der Waals surface area contributed by atoms with Crippen molar-refractivity contribution in [2.45, 2.75) is 43.8 Å². The summed E-state index contributed by atoms with van der Waals surface area (Å²) < 4.78 is 10.7. The van der Waals surface area contributed by atoms with Crippen LogP contribution >= 0.6 is 11.8 Å². The Hall–Kier alpha value is -1.24. The fourth-order valence-corrected chi connectivity index (χ4v) is 3.09. The van der Waals surface area contributed by atoms with Gasteiger partial charge in [0.1, 0.15) is 0 Å². The molecule has 0 atom stereocenters. The lowest BCUT2D eigenvalue weighted by Gasteiger charge is -2.38. The van der Waals surface area contributed by atoms with E-state index in [2.05, 4.69) is 6.08 Å². The molecule has 0 bridgehead atoms. The molecule has 0 unspecified atom stereocenters. The van der Waals surface area contributed by atoms with Crippen LogP contribution in [-0.4, -0.2) is 42.6 Å². The lowest BCUT2D eigenvalue weighted by Crippen LogP contribution is -2.48. The van der Waals surface area contributed by atoms with Crippen molar-refractivity contribution in [1.29, 1.82) is 0 Å². The molecule has 124 valence electrons. The van der Waals surface area contributed by atoms with Crippen molar-refractivity contribution in [2.75, 3.05) is 12.9 Å². The Kier molecular flexibility index (Phi) is 5.28. The molecule has 0 radical (unpaired) electrons. The fourth-order valence-electron chi connectivity index (χ4n) is 2.07. The lowest BCUT2D eigenvalue weighted by atomic mass is 9.78. The van der Waals surface area contributed by atoms with Crippen molar-refractivity contribution in [3.05, 3.63) is 35.4 Å². The number of benzene rings is 1. The van der Waals surface area contributed by atoms with Gasteiger partial charge < -0.3 is 14.5 Å². The monoisotopic (exact) mass is 334 g/mol. The molecule has 1 aromatic rings. The molecule has 0 saturated heterocycles. The number of carbonyl (C=O) groups excluding carboxylic acids is 1. The molecule has 1 aliphatic rings. The van der Waals surface area contributed by atoms with Crippen molar-refractivity contribution in [2.24, 2.45) is 0 Å². The van der Waals surface area contributed by atoms with Crippen LogP contribution in [0.2, 0.25) is 0 Å². The summed E-state index contributed by atoms with van der Waals surface area (Å²) in [4.78, 5) is 12.7. The molecule has 0 spiro atoms. The Balaban J connectivity index is 2.18. The first-order chi connectivity index (χ1) is 10.7. The summed E-state index contributed by atoms with van der Waals surface area (Å²) in [6.45, 7) is 7.25. The topological polar surface area (TPSA) is 55.8 Å². The van der Waals surface area contributed by atoms with Gasteiger partial charge in [0.15, 0.2) is 0 Å². The average molecular weight is 334 g/mol. The van der Waals surface area contributed by atoms with Crippen LogP contribution < -0.4 is 0 Å². The smallest absolute Gasteiger partial charge is 0.337 e. The summed E-state index contributed by atoms with van der Waals surface area (Å²) >= 11 is 1.68. The van der Waals surface area contributed by atoms with Crippen LogP contribution in [-0.2, 0) is 9.39 Å². The minimum absolute atomic E-state index is 0.330. The van der Waals surface area contributed by atoms with Gasteiger partial charge in [0.05, 0.1) is 23.9 Å². The number of hydrogen-bond donors (Lipinski definition) is 1. The first-order valence-electron chi connectivity index (χ1n) is 7.56. The van der Waals surface area contributed by atoms with Crippen molar-refractivity contribution >= 4 is 30.7 Å². The number of thioether (sulfide) groups is 1. The first-order valence-corrected chi connectivity index (χ1v) is 8.55. The maximum absolute atomic E-state index is 11.6. The Morgan fingerprint density at radius 2 is 2.00 bits per heavy atom. The van der Waals surface area contributed by atoms with E-state index in [4.69, 9.17) is 9.39 Å². The Morgan fingerprint density at radius 3 is 2.61 bits per heavy atom. The minimum Gasteiger partial charge on any atom is -0.465 e. The van der Waals surface area contributed by atoms with Crippen LogP contribution in [0.3, 0.4) is 0 Å². The predicted octanol–water partition coefficient (Wildman–Crippen LogP) is 2.84. The van der Waals surface area contributed by atoms with E-state index in [0.29, 0.717) is 13.0 Å².